The van der Waals surface area contributed by atoms with Crippen LogP contribution in [0.5, 0.6) is 0 Å². The van der Waals surface area contributed by atoms with Crippen LogP contribution in [0.2, 0.25) is 0 Å². The van der Waals surface area contributed by atoms with E-state index < -0.39 is 0 Å². The SMILES string of the molecule is N#Cc1ccc(-c2cc(-c3ccc(-n4c5ccc(-c6ccccc6)cc5c5cc(-c6ccccc6)ccc54)cc3)nc(-c3ccc(-n4c5ccc(-c6ccccc6)cc5c5cc(-c6ccccc6)ccc54)cc3)c2)cc1C#N. The van der Waals surface area contributed by atoms with Gasteiger partial charge in [-0.3, -0.25) is 0 Å². The van der Waals surface area contributed by atoms with E-state index in [1.165, 1.54) is 66.1 Å². The van der Waals surface area contributed by atoms with Crippen molar-refractivity contribution in [2.75, 3.05) is 0 Å². The molecular formula is C73H45N5. The fraction of sp³-hybridized carbons (Fsp3) is 0. The van der Waals surface area contributed by atoms with E-state index in [2.05, 4.69) is 276 Å². The molecule has 0 saturated heterocycles. The van der Waals surface area contributed by atoms with Crippen molar-refractivity contribution in [3.05, 3.63) is 284 Å². The van der Waals surface area contributed by atoms with Crippen molar-refractivity contribution in [2.45, 2.75) is 0 Å². The van der Waals surface area contributed by atoms with Gasteiger partial charge in [-0.05, 0) is 153 Å². The third-order valence-corrected chi connectivity index (χ3v) is 15.2. The monoisotopic (exact) mass is 991 g/mol. The van der Waals surface area contributed by atoms with Crippen molar-refractivity contribution >= 4 is 43.6 Å². The van der Waals surface area contributed by atoms with Gasteiger partial charge in [0.25, 0.3) is 0 Å². The van der Waals surface area contributed by atoms with Crippen molar-refractivity contribution < 1.29 is 0 Å². The van der Waals surface area contributed by atoms with Crippen LogP contribution in [0.1, 0.15) is 11.1 Å². The Morgan fingerprint density at radius 2 is 0.538 bits per heavy atom. The first kappa shape index (κ1) is 45.7. The number of benzene rings is 11. The van der Waals surface area contributed by atoms with Crippen LogP contribution in [-0.4, -0.2) is 14.1 Å². The van der Waals surface area contributed by atoms with E-state index in [0.29, 0.717) is 11.1 Å². The first-order chi connectivity index (χ1) is 38.5. The third-order valence-electron chi connectivity index (χ3n) is 15.2. The van der Waals surface area contributed by atoms with Crippen LogP contribution in [0.15, 0.2) is 273 Å². The lowest BCUT2D eigenvalue weighted by molar-refractivity contribution is 1.18. The smallest absolute Gasteiger partial charge is 0.101 e. The summed E-state index contributed by atoms with van der Waals surface area (Å²) in [4.78, 5) is 5.38. The van der Waals surface area contributed by atoms with Crippen molar-refractivity contribution in [2.24, 2.45) is 0 Å². The molecule has 362 valence electrons. The standard InChI is InChI=1S/C73H45N5/c74-46-59-22-21-54(39-61(59)47-75)60-44-68(52-23-31-62(32-24-52)77-70-35-27-55(48-13-5-1-6-14-48)40-64(70)65-41-56(28-36-71(65)77)49-15-7-2-8-16-49)76-69(45-60)53-25-33-63(34-26-53)78-72-37-29-57(50-17-9-3-10-18-50)42-66(72)67-43-58(30-38-73(67)78)51-19-11-4-12-20-51/h1-45H. The Kier molecular flexibility index (Phi) is 11.2. The van der Waals surface area contributed by atoms with E-state index in [0.717, 1.165) is 67.1 Å². The number of hydrogen-bond acceptors (Lipinski definition) is 3. The van der Waals surface area contributed by atoms with Gasteiger partial charge in [-0.15, -0.1) is 0 Å². The van der Waals surface area contributed by atoms with Crippen LogP contribution in [0.25, 0.3) is 133 Å². The highest BCUT2D eigenvalue weighted by molar-refractivity contribution is 6.13. The van der Waals surface area contributed by atoms with E-state index >= 15 is 0 Å². The van der Waals surface area contributed by atoms with Gasteiger partial charge in [0.05, 0.1) is 44.6 Å². The molecule has 0 fully saturated rings. The van der Waals surface area contributed by atoms with E-state index in [1.807, 2.05) is 6.07 Å². The minimum atomic E-state index is 0.333. The van der Waals surface area contributed by atoms with Crippen molar-refractivity contribution in [3.63, 3.8) is 0 Å². The molecule has 0 aliphatic heterocycles. The number of nitriles is 2. The summed E-state index contributed by atoms with van der Waals surface area (Å²) in [6.45, 7) is 0. The van der Waals surface area contributed by atoms with Crippen molar-refractivity contribution in [3.8, 4) is 102 Å². The summed E-state index contributed by atoms with van der Waals surface area (Å²) >= 11 is 0. The Balaban J connectivity index is 0.877. The molecule has 0 aliphatic rings. The first-order valence-corrected chi connectivity index (χ1v) is 26.1. The van der Waals surface area contributed by atoms with Gasteiger partial charge >= 0.3 is 0 Å². The molecule has 78 heavy (non-hydrogen) atoms. The summed E-state index contributed by atoms with van der Waals surface area (Å²) in [5.41, 5.74) is 21.8. The lowest BCUT2D eigenvalue weighted by Crippen LogP contribution is -1.96. The van der Waals surface area contributed by atoms with E-state index in [-0.39, 0.29) is 0 Å². The Labute approximate surface area is 451 Å². The highest BCUT2D eigenvalue weighted by atomic mass is 15.0. The van der Waals surface area contributed by atoms with Gasteiger partial charge in [0.15, 0.2) is 0 Å². The summed E-state index contributed by atoms with van der Waals surface area (Å²) in [6.07, 6.45) is 0. The quantitative estimate of drug-likeness (QED) is 0.145. The van der Waals surface area contributed by atoms with E-state index in [4.69, 9.17) is 4.98 Å². The summed E-state index contributed by atoms with van der Waals surface area (Å²) < 4.78 is 4.72. The zero-order valence-electron chi connectivity index (χ0n) is 42.2. The van der Waals surface area contributed by atoms with Crippen molar-refractivity contribution in [1.82, 2.24) is 14.1 Å². The van der Waals surface area contributed by atoms with Crippen LogP contribution in [0, 0.1) is 22.7 Å². The molecule has 14 rings (SSSR count). The van der Waals surface area contributed by atoms with Crippen LogP contribution in [-0.2, 0) is 0 Å². The van der Waals surface area contributed by atoms with Gasteiger partial charge in [0.2, 0.25) is 0 Å². The topological polar surface area (TPSA) is 70.3 Å². The van der Waals surface area contributed by atoms with E-state index in [9.17, 15) is 10.5 Å². The molecule has 0 bridgehead atoms. The van der Waals surface area contributed by atoms with Gasteiger partial charge in [0.1, 0.15) is 12.1 Å². The molecule has 0 radical (unpaired) electrons. The molecule has 14 aromatic rings. The summed E-state index contributed by atoms with van der Waals surface area (Å²) in [5.74, 6) is 0. The molecule has 11 aromatic carbocycles. The molecule has 0 unspecified atom stereocenters. The predicted octanol–water partition coefficient (Wildman–Crippen LogP) is 18.7. The average molecular weight is 992 g/mol. The van der Waals surface area contributed by atoms with Gasteiger partial charge in [0, 0.05) is 44.0 Å². The second-order valence-electron chi connectivity index (χ2n) is 19.8. The lowest BCUT2D eigenvalue weighted by Gasteiger charge is -2.13. The largest absolute Gasteiger partial charge is 0.309 e. The zero-order valence-corrected chi connectivity index (χ0v) is 42.2. The Hall–Kier alpha value is -10.9. The fourth-order valence-electron chi connectivity index (χ4n) is 11.3. The molecule has 5 heteroatoms. The predicted molar refractivity (Wildman–Crippen MR) is 320 cm³/mol. The maximum atomic E-state index is 10.1. The summed E-state index contributed by atoms with van der Waals surface area (Å²) in [5, 5.41) is 24.7. The molecule has 0 N–H and O–H groups in total. The number of rotatable bonds is 9. The Bertz CT molecular complexity index is 4240. The number of pyridine rings is 1. The highest BCUT2D eigenvalue weighted by Gasteiger charge is 2.19. The minimum absolute atomic E-state index is 0.333. The maximum Gasteiger partial charge on any atom is 0.101 e. The van der Waals surface area contributed by atoms with Crippen molar-refractivity contribution in [1.29, 1.82) is 10.5 Å². The number of fused-ring (bicyclic) bond motifs is 6. The highest BCUT2D eigenvalue weighted by Crippen LogP contribution is 2.41. The third kappa shape index (κ3) is 8.08. The number of nitrogens with zero attached hydrogens (tertiary/aromatic N) is 5. The minimum Gasteiger partial charge on any atom is -0.309 e. The molecule has 3 heterocycles. The molecule has 0 atom stereocenters. The molecule has 5 nitrogen and oxygen atoms in total. The molecule has 3 aromatic heterocycles. The number of aromatic nitrogens is 3. The second kappa shape index (κ2) is 19.1. The first-order valence-electron chi connectivity index (χ1n) is 26.1. The second-order valence-corrected chi connectivity index (χ2v) is 19.8. The number of hydrogen-bond donors (Lipinski definition) is 0. The molecule has 0 spiro atoms. The molecule has 0 saturated carbocycles. The van der Waals surface area contributed by atoms with Crippen LogP contribution in [0.4, 0.5) is 0 Å². The van der Waals surface area contributed by atoms with Gasteiger partial charge in [-0.1, -0.05) is 176 Å². The normalized spacial score (nSPS) is 11.3. The van der Waals surface area contributed by atoms with Crippen LogP contribution < -0.4 is 0 Å². The Morgan fingerprint density at radius 3 is 0.859 bits per heavy atom. The average Bonchev–Trinajstić information content (AvgIpc) is 4.09. The molecular weight excluding hydrogens is 947 g/mol. The van der Waals surface area contributed by atoms with Crippen LogP contribution >= 0.6 is 0 Å². The maximum absolute atomic E-state index is 10.1. The van der Waals surface area contributed by atoms with Gasteiger partial charge < -0.3 is 9.13 Å². The van der Waals surface area contributed by atoms with E-state index in [1.54, 1.807) is 12.1 Å². The Morgan fingerprint density at radius 1 is 0.244 bits per heavy atom. The van der Waals surface area contributed by atoms with Crippen LogP contribution in [0.3, 0.4) is 0 Å². The lowest BCUT2D eigenvalue weighted by atomic mass is 9.97. The fourth-order valence-corrected chi connectivity index (χ4v) is 11.3. The summed E-state index contributed by atoms with van der Waals surface area (Å²) in [7, 11) is 0. The molecule has 0 amide bonds. The summed E-state index contributed by atoms with van der Waals surface area (Å²) in [6, 6.07) is 101. The zero-order chi connectivity index (χ0) is 52.1. The van der Waals surface area contributed by atoms with Gasteiger partial charge in [-0.2, -0.15) is 10.5 Å². The molecule has 0 aliphatic carbocycles. The van der Waals surface area contributed by atoms with Gasteiger partial charge in [-0.25, -0.2) is 4.98 Å².